The first-order valence-electron chi connectivity index (χ1n) is 5.74. The van der Waals surface area contributed by atoms with Crippen molar-refractivity contribution in [3.05, 3.63) is 46.1 Å². The third kappa shape index (κ3) is 3.56. The molecule has 9 heteroatoms. The van der Waals surface area contributed by atoms with E-state index in [1.54, 1.807) is 12.1 Å². The van der Waals surface area contributed by atoms with Gasteiger partial charge in [-0.3, -0.25) is 4.72 Å². The standard InChI is InChI=1S/C12H12Cl2N4O2S/c1-7-2-3-8(4-10(7)13)18-21(19,20)9-5-11(14)12(17-15)16-6-9/h2-6,18H,15H2,1H3,(H,16,17). The van der Waals surface area contributed by atoms with Crippen LogP contribution in [0.3, 0.4) is 0 Å². The van der Waals surface area contributed by atoms with Gasteiger partial charge in [0, 0.05) is 11.2 Å². The first-order valence-corrected chi connectivity index (χ1v) is 7.98. The lowest BCUT2D eigenvalue weighted by Crippen LogP contribution is -2.15. The summed E-state index contributed by atoms with van der Waals surface area (Å²) in [5.41, 5.74) is 3.46. The SMILES string of the molecule is Cc1ccc(NS(=O)(=O)c2cnc(NN)c(Cl)c2)cc1Cl. The van der Waals surface area contributed by atoms with Crippen LogP contribution in [0.1, 0.15) is 5.56 Å². The Balaban J connectivity index is 2.33. The van der Waals surface area contributed by atoms with E-state index in [0.717, 1.165) is 11.8 Å². The highest BCUT2D eigenvalue weighted by molar-refractivity contribution is 7.92. The molecule has 0 aliphatic carbocycles. The predicted octanol–water partition coefficient (Wildman–Crippen LogP) is 2.78. The minimum atomic E-state index is -3.81. The third-order valence-electron chi connectivity index (χ3n) is 2.69. The van der Waals surface area contributed by atoms with Gasteiger partial charge in [0.1, 0.15) is 4.90 Å². The Morgan fingerprint density at radius 2 is 1.90 bits per heavy atom. The van der Waals surface area contributed by atoms with Crippen LogP contribution in [0.4, 0.5) is 11.5 Å². The number of rotatable bonds is 4. The lowest BCUT2D eigenvalue weighted by atomic mass is 10.2. The van der Waals surface area contributed by atoms with Crippen LogP contribution >= 0.6 is 23.2 Å². The van der Waals surface area contributed by atoms with E-state index in [2.05, 4.69) is 15.1 Å². The van der Waals surface area contributed by atoms with Crippen molar-refractivity contribution in [3.63, 3.8) is 0 Å². The Hall–Kier alpha value is -1.54. The van der Waals surface area contributed by atoms with Crippen LogP contribution in [0.5, 0.6) is 0 Å². The largest absolute Gasteiger partial charge is 0.307 e. The maximum Gasteiger partial charge on any atom is 0.263 e. The fraction of sp³-hybridized carbons (Fsp3) is 0.0833. The number of sulfonamides is 1. The van der Waals surface area contributed by atoms with Crippen molar-refractivity contribution in [3.8, 4) is 0 Å². The summed E-state index contributed by atoms with van der Waals surface area (Å²) < 4.78 is 26.9. The van der Waals surface area contributed by atoms with Gasteiger partial charge in [-0.2, -0.15) is 0 Å². The fourth-order valence-electron chi connectivity index (χ4n) is 1.54. The number of aryl methyl sites for hydroxylation is 1. The molecule has 4 N–H and O–H groups in total. The van der Waals surface area contributed by atoms with Crippen molar-refractivity contribution in [1.82, 2.24) is 4.98 Å². The van der Waals surface area contributed by atoms with E-state index in [1.807, 2.05) is 6.92 Å². The van der Waals surface area contributed by atoms with Gasteiger partial charge in [0.05, 0.1) is 10.7 Å². The molecule has 0 spiro atoms. The number of benzene rings is 1. The normalized spacial score (nSPS) is 11.2. The maximum absolute atomic E-state index is 12.2. The summed E-state index contributed by atoms with van der Waals surface area (Å²) in [6.07, 6.45) is 1.15. The minimum Gasteiger partial charge on any atom is -0.307 e. The molecule has 0 fully saturated rings. The van der Waals surface area contributed by atoms with Gasteiger partial charge in [0.25, 0.3) is 10.0 Å². The number of aromatic nitrogens is 1. The van der Waals surface area contributed by atoms with Gasteiger partial charge in [0.2, 0.25) is 0 Å². The molecule has 112 valence electrons. The Kier molecular flexibility index (Phi) is 4.58. The van der Waals surface area contributed by atoms with E-state index in [4.69, 9.17) is 29.0 Å². The van der Waals surface area contributed by atoms with Gasteiger partial charge >= 0.3 is 0 Å². The summed E-state index contributed by atoms with van der Waals surface area (Å²) >= 11 is 11.8. The average molecular weight is 347 g/mol. The quantitative estimate of drug-likeness (QED) is 0.584. The van der Waals surface area contributed by atoms with E-state index in [0.29, 0.717) is 10.7 Å². The number of hydrazine groups is 1. The summed E-state index contributed by atoms with van der Waals surface area (Å²) in [7, 11) is -3.81. The van der Waals surface area contributed by atoms with Crippen LogP contribution in [0.2, 0.25) is 10.0 Å². The molecule has 0 saturated carbocycles. The number of nitrogens with zero attached hydrogens (tertiary/aromatic N) is 1. The van der Waals surface area contributed by atoms with E-state index in [9.17, 15) is 8.42 Å². The third-order valence-corrected chi connectivity index (χ3v) is 4.73. The van der Waals surface area contributed by atoms with Crippen molar-refractivity contribution in [2.24, 2.45) is 5.84 Å². The Morgan fingerprint density at radius 3 is 2.48 bits per heavy atom. The molecule has 1 heterocycles. The molecular formula is C12H12Cl2N4O2S. The van der Waals surface area contributed by atoms with Gasteiger partial charge in [-0.05, 0) is 30.7 Å². The number of nitrogens with two attached hydrogens (primary N) is 1. The molecule has 2 aromatic rings. The lowest BCUT2D eigenvalue weighted by Gasteiger charge is -2.10. The van der Waals surface area contributed by atoms with Gasteiger partial charge in [-0.1, -0.05) is 29.3 Å². The highest BCUT2D eigenvalue weighted by atomic mass is 35.5. The van der Waals surface area contributed by atoms with Crippen molar-refractivity contribution in [2.45, 2.75) is 11.8 Å². The smallest absolute Gasteiger partial charge is 0.263 e. The molecule has 0 aliphatic rings. The van der Waals surface area contributed by atoms with Crippen molar-refractivity contribution in [1.29, 1.82) is 0 Å². The highest BCUT2D eigenvalue weighted by Crippen LogP contribution is 2.25. The Labute approximate surface area is 132 Å². The second-order valence-electron chi connectivity index (χ2n) is 4.22. The first kappa shape index (κ1) is 15.8. The summed E-state index contributed by atoms with van der Waals surface area (Å²) in [6.45, 7) is 1.82. The molecule has 0 unspecified atom stereocenters. The Morgan fingerprint density at radius 1 is 1.19 bits per heavy atom. The van der Waals surface area contributed by atoms with Gasteiger partial charge in [0.15, 0.2) is 5.82 Å². The van der Waals surface area contributed by atoms with Crippen molar-refractivity contribution >= 4 is 44.7 Å². The van der Waals surface area contributed by atoms with Crippen LogP contribution < -0.4 is 16.0 Å². The van der Waals surface area contributed by atoms with Crippen LogP contribution in [0.25, 0.3) is 0 Å². The summed E-state index contributed by atoms with van der Waals surface area (Å²) in [4.78, 5) is 3.74. The number of anilines is 2. The topological polar surface area (TPSA) is 97.1 Å². The zero-order chi connectivity index (χ0) is 15.6. The number of nitrogens with one attached hydrogen (secondary N) is 2. The lowest BCUT2D eigenvalue weighted by molar-refractivity contribution is 0.601. The molecule has 0 radical (unpaired) electrons. The maximum atomic E-state index is 12.2. The number of halogens is 2. The van der Waals surface area contributed by atoms with Gasteiger partial charge in [-0.25, -0.2) is 19.2 Å². The van der Waals surface area contributed by atoms with Crippen LogP contribution in [0.15, 0.2) is 35.4 Å². The molecule has 1 aromatic carbocycles. The second-order valence-corrected chi connectivity index (χ2v) is 6.71. The molecule has 0 atom stereocenters. The monoisotopic (exact) mass is 346 g/mol. The zero-order valence-electron chi connectivity index (χ0n) is 10.9. The predicted molar refractivity (Wildman–Crippen MR) is 84.1 cm³/mol. The molecule has 6 nitrogen and oxygen atoms in total. The van der Waals surface area contributed by atoms with Gasteiger partial charge < -0.3 is 5.43 Å². The molecule has 1 aromatic heterocycles. The molecular weight excluding hydrogens is 335 g/mol. The van der Waals surface area contributed by atoms with E-state index < -0.39 is 10.0 Å². The van der Waals surface area contributed by atoms with Gasteiger partial charge in [-0.15, -0.1) is 0 Å². The molecule has 21 heavy (non-hydrogen) atoms. The number of hydrogen-bond donors (Lipinski definition) is 3. The minimum absolute atomic E-state index is 0.0804. The summed E-state index contributed by atoms with van der Waals surface area (Å²) in [5, 5.41) is 0.566. The molecule has 0 bridgehead atoms. The Bertz CT molecular complexity index is 781. The average Bonchev–Trinajstić information content (AvgIpc) is 2.42. The van der Waals surface area contributed by atoms with E-state index in [-0.39, 0.29) is 15.7 Å². The number of nitrogen functional groups attached to an aromatic ring is 1. The molecule has 2 rings (SSSR count). The summed E-state index contributed by atoms with van der Waals surface area (Å²) in [5.74, 6) is 5.38. The van der Waals surface area contributed by atoms with Crippen molar-refractivity contribution in [2.75, 3.05) is 10.1 Å². The second kappa shape index (κ2) is 6.07. The summed E-state index contributed by atoms with van der Waals surface area (Å²) in [6, 6.07) is 6.11. The molecule has 0 saturated heterocycles. The molecule has 0 amide bonds. The number of hydrogen-bond acceptors (Lipinski definition) is 5. The number of pyridine rings is 1. The molecule has 0 aliphatic heterocycles. The van der Waals surface area contributed by atoms with Crippen molar-refractivity contribution < 1.29 is 8.42 Å². The fourth-order valence-corrected chi connectivity index (χ4v) is 3.03. The highest BCUT2D eigenvalue weighted by Gasteiger charge is 2.17. The van der Waals surface area contributed by atoms with Crippen LogP contribution in [-0.2, 0) is 10.0 Å². The zero-order valence-corrected chi connectivity index (χ0v) is 13.2. The van der Waals surface area contributed by atoms with E-state index >= 15 is 0 Å². The van der Waals surface area contributed by atoms with Crippen LogP contribution in [-0.4, -0.2) is 13.4 Å². The van der Waals surface area contributed by atoms with E-state index in [1.165, 1.54) is 12.1 Å². The first-order chi connectivity index (χ1) is 9.83. The van der Waals surface area contributed by atoms with Crippen LogP contribution in [0, 0.1) is 6.92 Å².